The van der Waals surface area contributed by atoms with Crippen LogP contribution in [-0.2, 0) is 6.61 Å². The minimum atomic E-state index is 0.202. The van der Waals surface area contributed by atoms with Crippen LogP contribution < -0.4 is 16.2 Å². The Morgan fingerprint density at radius 3 is 2.29 bits per heavy atom. The zero-order valence-electron chi connectivity index (χ0n) is 15.2. The second-order valence-corrected chi connectivity index (χ2v) is 6.39. The fourth-order valence-electron chi connectivity index (χ4n) is 2.99. The van der Waals surface area contributed by atoms with E-state index in [1.165, 1.54) is 0 Å². The summed E-state index contributed by atoms with van der Waals surface area (Å²) in [6.07, 6.45) is 0. The highest BCUT2D eigenvalue weighted by molar-refractivity contribution is 5.74. The zero-order valence-corrected chi connectivity index (χ0v) is 15.2. The summed E-state index contributed by atoms with van der Waals surface area (Å²) in [6.45, 7) is 0.473. The van der Waals surface area contributed by atoms with E-state index in [4.69, 9.17) is 16.2 Å². The van der Waals surface area contributed by atoms with Crippen molar-refractivity contribution in [1.29, 1.82) is 0 Å². The number of aromatic nitrogens is 2. The molecule has 1 aromatic heterocycles. The summed E-state index contributed by atoms with van der Waals surface area (Å²) in [7, 11) is 0. The number of benzene rings is 3. The topological polar surface area (TPSA) is 87.0 Å². The number of para-hydroxylation sites is 1. The van der Waals surface area contributed by atoms with E-state index in [0.717, 1.165) is 22.4 Å². The number of hydrogen-bond donors (Lipinski definition) is 2. The molecule has 0 unspecified atom stereocenters. The number of nitrogens with zero attached hydrogens (tertiary/aromatic N) is 2. The lowest BCUT2D eigenvalue weighted by atomic mass is 10.1. The molecular formula is C23H20N4O. The van der Waals surface area contributed by atoms with Crippen LogP contribution in [0.2, 0.25) is 0 Å². The van der Waals surface area contributed by atoms with E-state index < -0.39 is 0 Å². The first-order chi connectivity index (χ1) is 13.7. The van der Waals surface area contributed by atoms with Gasteiger partial charge in [0.05, 0.1) is 11.4 Å². The molecule has 0 aliphatic heterocycles. The predicted octanol–water partition coefficient (Wildman–Crippen LogP) is 4.55. The summed E-state index contributed by atoms with van der Waals surface area (Å²) in [5, 5.41) is 0. The van der Waals surface area contributed by atoms with Gasteiger partial charge in [-0.2, -0.15) is 0 Å². The van der Waals surface area contributed by atoms with Crippen molar-refractivity contribution in [3.8, 4) is 28.3 Å². The molecule has 0 aliphatic rings. The molecule has 0 saturated heterocycles. The normalized spacial score (nSPS) is 10.6. The van der Waals surface area contributed by atoms with Crippen LogP contribution in [0.25, 0.3) is 22.5 Å². The average Bonchev–Trinajstić information content (AvgIpc) is 2.73. The van der Waals surface area contributed by atoms with Crippen LogP contribution in [0.15, 0.2) is 84.9 Å². The fraction of sp³-hybridized carbons (Fsp3) is 0.0435. The lowest BCUT2D eigenvalue weighted by Gasteiger charge is -2.12. The summed E-state index contributed by atoms with van der Waals surface area (Å²) < 4.78 is 6.06. The predicted molar refractivity (Wildman–Crippen MR) is 113 cm³/mol. The van der Waals surface area contributed by atoms with Crippen LogP contribution >= 0.6 is 0 Å². The van der Waals surface area contributed by atoms with E-state index in [1.807, 2.05) is 84.9 Å². The Bertz CT molecular complexity index is 1100. The molecule has 0 aliphatic carbocycles. The molecule has 3 aromatic carbocycles. The average molecular weight is 368 g/mol. The summed E-state index contributed by atoms with van der Waals surface area (Å²) >= 11 is 0. The molecule has 0 bridgehead atoms. The fourth-order valence-corrected chi connectivity index (χ4v) is 2.99. The van der Waals surface area contributed by atoms with Crippen LogP contribution in [0.5, 0.6) is 5.75 Å². The van der Waals surface area contributed by atoms with Crippen molar-refractivity contribution in [3.63, 3.8) is 0 Å². The highest BCUT2D eigenvalue weighted by Gasteiger charge is 2.12. The SMILES string of the molecule is Nc1cccc(-c2cc(-c3ccccc3OCc3ccccc3)nc(N)n2)c1. The molecule has 5 heteroatoms. The Hall–Kier alpha value is -3.86. The molecule has 0 atom stereocenters. The first-order valence-corrected chi connectivity index (χ1v) is 8.95. The molecule has 0 radical (unpaired) electrons. The van der Waals surface area contributed by atoms with E-state index in [0.29, 0.717) is 23.7 Å². The molecule has 1 heterocycles. The van der Waals surface area contributed by atoms with Crippen LogP contribution in [0.3, 0.4) is 0 Å². The Balaban J connectivity index is 1.69. The third-order valence-electron chi connectivity index (χ3n) is 4.33. The van der Waals surface area contributed by atoms with Gasteiger partial charge in [-0.05, 0) is 35.9 Å². The number of ether oxygens (including phenoxy) is 1. The smallest absolute Gasteiger partial charge is 0.221 e. The van der Waals surface area contributed by atoms with Gasteiger partial charge in [0.15, 0.2) is 0 Å². The van der Waals surface area contributed by atoms with Gasteiger partial charge in [0.25, 0.3) is 0 Å². The molecule has 5 nitrogen and oxygen atoms in total. The Morgan fingerprint density at radius 1 is 0.714 bits per heavy atom. The van der Waals surface area contributed by atoms with Gasteiger partial charge in [-0.3, -0.25) is 0 Å². The summed E-state index contributed by atoms with van der Waals surface area (Å²) in [4.78, 5) is 8.79. The van der Waals surface area contributed by atoms with Crippen molar-refractivity contribution in [2.24, 2.45) is 0 Å². The number of nitrogen functional groups attached to an aromatic ring is 2. The molecule has 4 aromatic rings. The molecule has 0 saturated carbocycles. The van der Waals surface area contributed by atoms with Crippen LogP contribution in [0, 0.1) is 0 Å². The number of rotatable bonds is 5. The minimum absolute atomic E-state index is 0.202. The van der Waals surface area contributed by atoms with E-state index in [9.17, 15) is 0 Å². The van der Waals surface area contributed by atoms with Gasteiger partial charge in [0.2, 0.25) is 5.95 Å². The first-order valence-electron chi connectivity index (χ1n) is 8.95. The van der Waals surface area contributed by atoms with Gasteiger partial charge in [0.1, 0.15) is 12.4 Å². The largest absolute Gasteiger partial charge is 0.488 e. The molecular weight excluding hydrogens is 348 g/mol. The van der Waals surface area contributed by atoms with Gasteiger partial charge < -0.3 is 16.2 Å². The van der Waals surface area contributed by atoms with Crippen LogP contribution in [0.4, 0.5) is 11.6 Å². The maximum absolute atomic E-state index is 6.06. The van der Waals surface area contributed by atoms with Gasteiger partial charge in [0, 0.05) is 16.8 Å². The molecule has 138 valence electrons. The van der Waals surface area contributed by atoms with E-state index >= 15 is 0 Å². The van der Waals surface area contributed by atoms with Crippen molar-refractivity contribution in [2.75, 3.05) is 11.5 Å². The number of anilines is 2. The highest BCUT2D eigenvalue weighted by Crippen LogP contribution is 2.32. The van der Waals surface area contributed by atoms with Crippen molar-refractivity contribution in [1.82, 2.24) is 9.97 Å². The molecule has 4 rings (SSSR count). The molecule has 4 N–H and O–H groups in total. The summed E-state index contributed by atoms with van der Waals surface area (Å²) in [5.74, 6) is 0.941. The monoisotopic (exact) mass is 368 g/mol. The van der Waals surface area contributed by atoms with E-state index in [-0.39, 0.29) is 5.95 Å². The lowest BCUT2D eigenvalue weighted by Crippen LogP contribution is -2.01. The van der Waals surface area contributed by atoms with Crippen molar-refractivity contribution < 1.29 is 4.74 Å². The first kappa shape index (κ1) is 17.5. The third kappa shape index (κ3) is 3.94. The van der Waals surface area contributed by atoms with E-state index in [1.54, 1.807) is 0 Å². The van der Waals surface area contributed by atoms with Crippen LogP contribution in [-0.4, -0.2) is 9.97 Å². The quantitative estimate of drug-likeness (QED) is 0.505. The van der Waals surface area contributed by atoms with Crippen LogP contribution in [0.1, 0.15) is 5.56 Å². The number of hydrogen-bond acceptors (Lipinski definition) is 5. The van der Waals surface area contributed by atoms with Gasteiger partial charge >= 0.3 is 0 Å². The minimum Gasteiger partial charge on any atom is -0.488 e. The second-order valence-electron chi connectivity index (χ2n) is 6.39. The van der Waals surface area contributed by atoms with Crippen molar-refractivity contribution in [3.05, 3.63) is 90.5 Å². The highest BCUT2D eigenvalue weighted by atomic mass is 16.5. The maximum Gasteiger partial charge on any atom is 0.221 e. The second kappa shape index (κ2) is 7.80. The van der Waals surface area contributed by atoms with Gasteiger partial charge in [-0.25, -0.2) is 9.97 Å². The Kier molecular flexibility index (Phi) is 4.89. The van der Waals surface area contributed by atoms with Crippen molar-refractivity contribution >= 4 is 11.6 Å². The maximum atomic E-state index is 6.06. The van der Waals surface area contributed by atoms with Crippen molar-refractivity contribution in [2.45, 2.75) is 6.61 Å². The zero-order chi connectivity index (χ0) is 19.3. The molecule has 0 fully saturated rings. The Labute approximate surface area is 163 Å². The summed E-state index contributed by atoms with van der Waals surface area (Å²) in [5.41, 5.74) is 16.8. The summed E-state index contributed by atoms with van der Waals surface area (Å²) in [6, 6.07) is 27.2. The number of nitrogens with two attached hydrogens (primary N) is 2. The standard InChI is InChI=1S/C23H20N4O/c24-18-10-6-9-17(13-18)20-14-21(27-23(25)26-20)19-11-4-5-12-22(19)28-15-16-7-2-1-3-8-16/h1-14H,15,24H2,(H2,25,26,27). The Morgan fingerprint density at radius 2 is 1.46 bits per heavy atom. The molecule has 0 spiro atoms. The van der Waals surface area contributed by atoms with E-state index in [2.05, 4.69) is 9.97 Å². The lowest BCUT2D eigenvalue weighted by molar-refractivity contribution is 0.307. The van der Waals surface area contributed by atoms with Gasteiger partial charge in [-0.1, -0.05) is 54.6 Å². The third-order valence-corrected chi connectivity index (χ3v) is 4.33. The molecule has 0 amide bonds. The van der Waals surface area contributed by atoms with Gasteiger partial charge in [-0.15, -0.1) is 0 Å². The molecule has 28 heavy (non-hydrogen) atoms.